The lowest BCUT2D eigenvalue weighted by Gasteiger charge is -2.26. The highest BCUT2D eigenvalue weighted by molar-refractivity contribution is 7.80. The van der Waals surface area contributed by atoms with Crippen LogP contribution in [0.3, 0.4) is 0 Å². The maximum atomic E-state index is 9.20. The fraction of sp³-hybridized carbons (Fsp3) is 0.500. The summed E-state index contributed by atoms with van der Waals surface area (Å²) in [5.41, 5.74) is 13.2. The minimum atomic E-state index is 0.166. The van der Waals surface area contributed by atoms with Gasteiger partial charge < -0.3 is 21.3 Å². The summed E-state index contributed by atoms with van der Waals surface area (Å²) in [4.78, 5) is 4.68. The molecule has 0 aliphatic carbocycles. The number of anilines is 1. The van der Waals surface area contributed by atoms with E-state index in [0.717, 1.165) is 49.9 Å². The summed E-state index contributed by atoms with van der Waals surface area (Å²) < 4.78 is 0. The van der Waals surface area contributed by atoms with Crippen molar-refractivity contribution in [3.8, 4) is 6.07 Å². The second kappa shape index (κ2) is 11.8. The van der Waals surface area contributed by atoms with Crippen LogP contribution in [0.15, 0.2) is 35.5 Å². The van der Waals surface area contributed by atoms with E-state index < -0.39 is 0 Å². The van der Waals surface area contributed by atoms with Crippen molar-refractivity contribution in [2.24, 2.45) is 17.4 Å². The van der Waals surface area contributed by atoms with Gasteiger partial charge in [-0.25, -0.2) is 0 Å². The minimum absolute atomic E-state index is 0.166. The Labute approximate surface area is 173 Å². The Hall–Kier alpha value is -1.81. The summed E-state index contributed by atoms with van der Waals surface area (Å²) in [5, 5.41) is 9.94. The monoisotopic (exact) mass is 407 g/mol. The number of rotatable bonds is 4. The summed E-state index contributed by atoms with van der Waals surface area (Å²) in [6, 6.07) is 10.0. The zero-order chi connectivity index (χ0) is 20.4. The molecule has 7 heteroatoms. The third kappa shape index (κ3) is 7.76. The van der Waals surface area contributed by atoms with Crippen molar-refractivity contribution in [2.45, 2.75) is 27.2 Å². The normalized spacial score (nSPS) is 15.3. The van der Waals surface area contributed by atoms with E-state index in [4.69, 9.17) is 35.3 Å². The van der Waals surface area contributed by atoms with E-state index in [1.165, 1.54) is 5.69 Å². The molecule has 0 spiro atoms. The molecule has 0 aromatic heterocycles. The van der Waals surface area contributed by atoms with Crippen LogP contribution >= 0.6 is 23.8 Å². The molecule has 4 N–H and O–H groups in total. The average molecular weight is 408 g/mol. The number of thiocarbonyl (C=S) groups is 1. The summed E-state index contributed by atoms with van der Waals surface area (Å²) in [5.74, 6) is 0.662. The summed E-state index contributed by atoms with van der Waals surface area (Å²) in [6.07, 6.45) is 1.01. The van der Waals surface area contributed by atoms with E-state index in [1.54, 1.807) is 0 Å². The molecule has 1 aliphatic heterocycles. The van der Waals surface area contributed by atoms with Gasteiger partial charge in [-0.15, -0.1) is 0 Å². The molecule has 1 aromatic rings. The Kier molecular flexibility index (Phi) is 10.2. The third-order valence-corrected chi connectivity index (χ3v) is 4.81. The number of nitrogens with zero attached hydrogens (tertiary/aromatic N) is 3. The largest absolute Gasteiger partial charge is 0.389 e. The lowest BCUT2D eigenvalue weighted by molar-refractivity contribution is 0.369. The SMILES string of the molecule is C/C(=C(\C#N)C(N)=S)N1CCCN(c2ccc(Cl)cc2)CC1.CC(C)CN. The Morgan fingerprint density at radius 2 is 1.81 bits per heavy atom. The third-order valence-electron chi connectivity index (χ3n) is 4.35. The standard InChI is InChI=1S/C16H19ClN4S.C4H11N/c1-12(15(11-18)16(19)22)20-7-2-8-21(10-9-20)14-5-3-13(17)4-6-14;1-4(2)3-5/h3-6H,2,7-10H2,1H3,(H2,19,22);4H,3,5H2,1-2H3/b15-12-;. The van der Waals surface area contributed by atoms with Crippen LogP contribution in [0, 0.1) is 17.2 Å². The van der Waals surface area contributed by atoms with Gasteiger partial charge in [-0.05, 0) is 50.1 Å². The molecule has 1 aliphatic rings. The van der Waals surface area contributed by atoms with Crippen LogP contribution < -0.4 is 16.4 Å². The first-order valence-corrected chi connectivity index (χ1v) is 9.95. The molecule has 0 radical (unpaired) electrons. The van der Waals surface area contributed by atoms with Crippen LogP contribution in [-0.2, 0) is 0 Å². The number of hydrogen-bond acceptors (Lipinski definition) is 5. The van der Waals surface area contributed by atoms with Crippen LogP contribution in [0.5, 0.6) is 0 Å². The number of nitriles is 1. The fourth-order valence-electron chi connectivity index (χ4n) is 2.64. The smallest absolute Gasteiger partial charge is 0.116 e. The number of nitrogens with two attached hydrogens (primary N) is 2. The summed E-state index contributed by atoms with van der Waals surface area (Å²) in [6.45, 7) is 10.5. The lowest BCUT2D eigenvalue weighted by atomic mass is 10.2. The molecule has 0 bridgehead atoms. The summed E-state index contributed by atoms with van der Waals surface area (Å²) in [7, 11) is 0. The first kappa shape index (κ1) is 23.2. The van der Waals surface area contributed by atoms with Crippen molar-refractivity contribution < 1.29 is 0 Å². The molecule has 2 rings (SSSR count). The van der Waals surface area contributed by atoms with E-state index >= 15 is 0 Å². The maximum absolute atomic E-state index is 9.20. The van der Waals surface area contributed by atoms with E-state index in [1.807, 2.05) is 31.2 Å². The van der Waals surface area contributed by atoms with Crippen LogP contribution in [0.2, 0.25) is 5.02 Å². The molecule has 27 heavy (non-hydrogen) atoms. The molecule has 148 valence electrons. The first-order valence-electron chi connectivity index (χ1n) is 9.16. The Morgan fingerprint density at radius 1 is 1.22 bits per heavy atom. The van der Waals surface area contributed by atoms with E-state index in [2.05, 4.69) is 29.7 Å². The van der Waals surface area contributed by atoms with E-state index in [-0.39, 0.29) is 4.99 Å². The molecule has 0 saturated carbocycles. The molecular formula is C20H30ClN5S. The van der Waals surface area contributed by atoms with Crippen molar-refractivity contribution in [3.63, 3.8) is 0 Å². The van der Waals surface area contributed by atoms with Gasteiger partial charge in [0.05, 0.1) is 0 Å². The molecule has 1 fully saturated rings. The van der Waals surface area contributed by atoms with Crippen LogP contribution in [0.25, 0.3) is 0 Å². The van der Waals surface area contributed by atoms with Gasteiger partial charge in [0.1, 0.15) is 16.6 Å². The molecule has 1 aromatic carbocycles. The zero-order valence-corrected chi connectivity index (χ0v) is 18.0. The van der Waals surface area contributed by atoms with Crippen LogP contribution in [0.1, 0.15) is 27.2 Å². The number of hydrogen-bond donors (Lipinski definition) is 2. The van der Waals surface area contributed by atoms with Crippen molar-refractivity contribution in [3.05, 3.63) is 40.6 Å². The van der Waals surface area contributed by atoms with Gasteiger partial charge in [0.25, 0.3) is 0 Å². The highest BCUT2D eigenvalue weighted by Gasteiger charge is 2.18. The van der Waals surface area contributed by atoms with Gasteiger partial charge in [-0.3, -0.25) is 0 Å². The predicted molar refractivity (Wildman–Crippen MR) is 119 cm³/mol. The topological polar surface area (TPSA) is 82.3 Å². The maximum Gasteiger partial charge on any atom is 0.116 e. The second-order valence-corrected chi connectivity index (χ2v) is 7.75. The fourth-order valence-corrected chi connectivity index (χ4v) is 2.95. The molecule has 1 heterocycles. The van der Waals surface area contributed by atoms with Crippen molar-refractivity contribution in [1.82, 2.24) is 4.90 Å². The van der Waals surface area contributed by atoms with Gasteiger partial charge in [-0.1, -0.05) is 37.7 Å². The second-order valence-electron chi connectivity index (χ2n) is 6.87. The van der Waals surface area contributed by atoms with E-state index in [0.29, 0.717) is 11.5 Å². The summed E-state index contributed by atoms with van der Waals surface area (Å²) >= 11 is 10.9. The minimum Gasteiger partial charge on any atom is -0.389 e. The zero-order valence-electron chi connectivity index (χ0n) is 16.4. The highest BCUT2D eigenvalue weighted by Crippen LogP contribution is 2.21. The molecular weight excluding hydrogens is 378 g/mol. The molecule has 0 unspecified atom stereocenters. The predicted octanol–water partition coefficient (Wildman–Crippen LogP) is 3.54. The Balaban J connectivity index is 0.000000646. The molecule has 1 saturated heterocycles. The van der Waals surface area contributed by atoms with Crippen LogP contribution in [-0.4, -0.2) is 42.6 Å². The van der Waals surface area contributed by atoms with Crippen molar-refractivity contribution in [1.29, 1.82) is 5.26 Å². The first-order chi connectivity index (χ1) is 12.8. The van der Waals surface area contributed by atoms with Crippen LogP contribution in [0.4, 0.5) is 5.69 Å². The lowest BCUT2D eigenvalue weighted by Crippen LogP contribution is -2.31. The number of allylic oxidation sites excluding steroid dienone is 1. The Bertz CT molecular complexity index is 679. The number of benzene rings is 1. The van der Waals surface area contributed by atoms with Gasteiger partial charge >= 0.3 is 0 Å². The molecule has 0 amide bonds. The molecule has 5 nitrogen and oxygen atoms in total. The van der Waals surface area contributed by atoms with E-state index in [9.17, 15) is 5.26 Å². The van der Waals surface area contributed by atoms with Gasteiger partial charge in [0.15, 0.2) is 0 Å². The van der Waals surface area contributed by atoms with Gasteiger partial charge in [-0.2, -0.15) is 5.26 Å². The van der Waals surface area contributed by atoms with Crippen molar-refractivity contribution >= 4 is 34.5 Å². The average Bonchev–Trinajstić information content (AvgIpc) is 2.89. The number of halogens is 1. The van der Waals surface area contributed by atoms with Crippen molar-refractivity contribution in [2.75, 3.05) is 37.6 Å². The molecule has 0 atom stereocenters. The highest BCUT2D eigenvalue weighted by atomic mass is 35.5. The van der Waals surface area contributed by atoms with Gasteiger partial charge in [0.2, 0.25) is 0 Å². The van der Waals surface area contributed by atoms with Gasteiger partial charge in [0, 0.05) is 42.6 Å². The quantitative estimate of drug-likeness (QED) is 0.451. The Morgan fingerprint density at radius 3 is 2.30 bits per heavy atom.